The molecule has 2 aliphatic carbocycles. The van der Waals surface area contributed by atoms with Crippen LogP contribution in [0.4, 0.5) is 0 Å². The van der Waals surface area contributed by atoms with Crippen LogP contribution in [0, 0.1) is 11.8 Å². The van der Waals surface area contributed by atoms with Crippen molar-refractivity contribution in [3.8, 4) is 5.75 Å². The lowest BCUT2D eigenvalue weighted by Gasteiger charge is -2.38. The predicted octanol–water partition coefficient (Wildman–Crippen LogP) is 4.96. The summed E-state index contributed by atoms with van der Waals surface area (Å²) >= 11 is 0. The van der Waals surface area contributed by atoms with Crippen LogP contribution in [0.5, 0.6) is 5.75 Å². The molecule has 36 heavy (non-hydrogen) atoms. The van der Waals surface area contributed by atoms with E-state index in [1.807, 2.05) is 45.0 Å². The van der Waals surface area contributed by atoms with Crippen LogP contribution in [-0.4, -0.2) is 37.5 Å². The number of methoxy groups -OCH3 is 1. The van der Waals surface area contributed by atoms with E-state index in [9.17, 15) is 14.4 Å². The Balaban J connectivity index is 1.81. The molecule has 1 N–H and O–H groups in total. The van der Waals surface area contributed by atoms with Crippen LogP contribution in [0.3, 0.4) is 0 Å². The van der Waals surface area contributed by atoms with Crippen LogP contribution in [-0.2, 0) is 23.9 Å². The number of ketones is 1. The molecule has 0 aromatic heterocycles. The molecule has 1 aliphatic heterocycles. The summed E-state index contributed by atoms with van der Waals surface area (Å²) in [6.45, 7) is 6.06. The summed E-state index contributed by atoms with van der Waals surface area (Å²) in [6.07, 6.45) is 6.44. The normalized spacial score (nSPS) is 25.0. The topological polar surface area (TPSA) is 90.9 Å². The molecule has 1 aromatic carbocycles. The molecular formula is C29H37NO6. The van der Waals surface area contributed by atoms with Gasteiger partial charge < -0.3 is 19.5 Å². The number of esters is 2. The zero-order valence-electron chi connectivity index (χ0n) is 21.7. The van der Waals surface area contributed by atoms with Crippen molar-refractivity contribution < 1.29 is 28.6 Å². The Morgan fingerprint density at radius 1 is 1.08 bits per heavy atom. The van der Waals surface area contributed by atoms with E-state index in [4.69, 9.17) is 14.2 Å². The Morgan fingerprint density at radius 2 is 1.78 bits per heavy atom. The maximum atomic E-state index is 13.9. The highest BCUT2D eigenvalue weighted by Gasteiger charge is 2.48. The van der Waals surface area contributed by atoms with Crippen LogP contribution in [0.15, 0.2) is 46.8 Å². The molecule has 3 unspecified atom stereocenters. The van der Waals surface area contributed by atoms with Crippen molar-refractivity contribution in [3.63, 3.8) is 0 Å². The maximum Gasteiger partial charge on any atom is 0.337 e. The van der Waals surface area contributed by atoms with Crippen molar-refractivity contribution in [2.75, 3.05) is 13.7 Å². The number of rotatable bonds is 6. The van der Waals surface area contributed by atoms with E-state index in [-0.39, 0.29) is 17.8 Å². The first-order chi connectivity index (χ1) is 17.4. The van der Waals surface area contributed by atoms with Crippen LogP contribution in [0.25, 0.3) is 0 Å². The van der Waals surface area contributed by atoms with E-state index >= 15 is 0 Å². The van der Waals surface area contributed by atoms with Gasteiger partial charge in [-0.2, -0.15) is 0 Å². The zero-order valence-corrected chi connectivity index (χ0v) is 21.7. The third-order valence-corrected chi connectivity index (χ3v) is 7.57. The van der Waals surface area contributed by atoms with E-state index in [2.05, 4.69) is 5.32 Å². The molecule has 3 aliphatic rings. The lowest BCUT2D eigenvalue weighted by atomic mass is 9.69. The van der Waals surface area contributed by atoms with Crippen molar-refractivity contribution >= 4 is 17.7 Å². The molecule has 0 radical (unpaired) electrons. The Labute approximate surface area is 213 Å². The van der Waals surface area contributed by atoms with Gasteiger partial charge in [-0.15, -0.1) is 0 Å². The second-order valence-electron chi connectivity index (χ2n) is 10.0. The van der Waals surface area contributed by atoms with Crippen LogP contribution < -0.4 is 10.1 Å². The van der Waals surface area contributed by atoms with Gasteiger partial charge in [0.15, 0.2) is 5.78 Å². The molecule has 1 aromatic rings. The Hall–Kier alpha value is -3.09. The van der Waals surface area contributed by atoms with Crippen molar-refractivity contribution in [3.05, 3.63) is 52.4 Å². The molecule has 4 rings (SSSR count). The van der Waals surface area contributed by atoms with Gasteiger partial charge in [0.25, 0.3) is 0 Å². The van der Waals surface area contributed by atoms with Crippen molar-refractivity contribution in [1.82, 2.24) is 5.32 Å². The number of nitrogens with one attached hydrogen (secondary N) is 1. The molecule has 1 saturated carbocycles. The number of para-hydroxylation sites is 1. The lowest BCUT2D eigenvalue weighted by Crippen LogP contribution is -2.43. The van der Waals surface area contributed by atoms with Gasteiger partial charge in [0, 0.05) is 22.5 Å². The molecule has 0 saturated heterocycles. The second kappa shape index (κ2) is 11.3. The number of ether oxygens (including phenoxy) is 3. The fourth-order valence-corrected chi connectivity index (χ4v) is 5.84. The molecule has 0 spiro atoms. The Kier molecular flexibility index (Phi) is 8.17. The third kappa shape index (κ3) is 5.06. The van der Waals surface area contributed by atoms with Gasteiger partial charge in [0.05, 0.1) is 25.2 Å². The summed E-state index contributed by atoms with van der Waals surface area (Å²) in [5.41, 5.74) is 2.95. The minimum atomic E-state index is -0.921. The van der Waals surface area contributed by atoms with Gasteiger partial charge in [-0.25, -0.2) is 4.79 Å². The average Bonchev–Trinajstić information content (AvgIpc) is 3.12. The molecule has 1 heterocycles. The van der Waals surface area contributed by atoms with E-state index < -0.39 is 23.8 Å². The van der Waals surface area contributed by atoms with Crippen LogP contribution >= 0.6 is 0 Å². The largest absolute Gasteiger partial charge is 0.494 e. The summed E-state index contributed by atoms with van der Waals surface area (Å²) in [7, 11) is 1.30. The summed E-state index contributed by atoms with van der Waals surface area (Å²) < 4.78 is 17.0. The molecular weight excluding hydrogens is 458 g/mol. The smallest absolute Gasteiger partial charge is 0.337 e. The molecule has 3 atom stereocenters. The fraction of sp³-hybridized carbons (Fsp3) is 0.552. The summed E-state index contributed by atoms with van der Waals surface area (Å²) in [5.74, 6) is -2.53. The van der Waals surface area contributed by atoms with E-state index in [1.165, 1.54) is 7.11 Å². The van der Waals surface area contributed by atoms with Crippen molar-refractivity contribution in [2.24, 2.45) is 11.8 Å². The fourth-order valence-electron chi connectivity index (χ4n) is 5.84. The quantitative estimate of drug-likeness (QED) is 0.339. The van der Waals surface area contributed by atoms with Gasteiger partial charge >= 0.3 is 11.9 Å². The van der Waals surface area contributed by atoms with Crippen LogP contribution in [0.2, 0.25) is 0 Å². The standard InChI is InChI=1S/C29H37NO6/c1-5-35-22-15-11-10-14-20(22)25-24(29(33)36-19-12-8-6-7-9-13-19)18(3)30-21-16-17(2)23(28(32)34-4)27(31)26(21)25/h10-11,14-15,17,19,23,25,30H,5-9,12-13,16H2,1-4H3. The first-order valence-corrected chi connectivity index (χ1v) is 13.1. The molecule has 194 valence electrons. The first-order valence-electron chi connectivity index (χ1n) is 13.1. The molecule has 7 nitrogen and oxygen atoms in total. The monoisotopic (exact) mass is 495 g/mol. The zero-order chi connectivity index (χ0) is 25.8. The van der Waals surface area contributed by atoms with Crippen molar-refractivity contribution in [1.29, 1.82) is 0 Å². The Morgan fingerprint density at radius 3 is 2.44 bits per heavy atom. The van der Waals surface area contributed by atoms with E-state index in [0.717, 1.165) is 44.2 Å². The maximum absolute atomic E-state index is 13.9. The molecule has 0 bridgehead atoms. The van der Waals surface area contributed by atoms with Gasteiger partial charge in [-0.1, -0.05) is 38.0 Å². The second-order valence-corrected chi connectivity index (χ2v) is 10.0. The SMILES string of the molecule is CCOc1ccccc1C1C(C(=O)OC2CCCCCC2)=C(C)NC2=C1C(=O)C(C(=O)OC)C(C)C2. The predicted molar refractivity (Wildman–Crippen MR) is 135 cm³/mol. The average molecular weight is 496 g/mol. The van der Waals surface area contributed by atoms with Gasteiger partial charge in [-0.3, -0.25) is 9.59 Å². The number of benzene rings is 1. The number of allylic oxidation sites excluding steroid dienone is 3. The first kappa shape index (κ1) is 26.0. The lowest BCUT2D eigenvalue weighted by molar-refractivity contribution is -0.151. The number of hydrogen-bond donors (Lipinski definition) is 1. The van der Waals surface area contributed by atoms with E-state index in [1.54, 1.807) is 0 Å². The highest BCUT2D eigenvalue weighted by molar-refractivity contribution is 6.12. The highest BCUT2D eigenvalue weighted by Crippen LogP contribution is 2.47. The third-order valence-electron chi connectivity index (χ3n) is 7.57. The van der Waals surface area contributed by atoms with Gasteiger partial charge in [-0.05, 0) is 57.9 Å². The Bertz CT molecular complexity index is 1080. The number of dihydropyridines is 1. The molecule has 0 amide bonds. The minimum absolute atomic E-state index is 0.136. The molecule has 1 fully saturated rings. The number of hydrogen-bond acceptors (Lipinski definition) is 7. The summed E-state index contributed by atoms with van der Waals surface area (Å²) in [6, 6.07) is 7.47. The van der Waals surface area contributed by atoms with Gasteiger partial charge in [0.1, 0.15) is 17.8 Å². The van der Waals surface area contributed by atoms with Crippen molar-refractivity contribution in [2.45, 2.75) is 77.7 Å². The minimum Gasteiger partial charge on any atom is -0.494 e. The number of carbonyl (C=O) groups excluding carboxylic acids is 3. The summed E-state index contributed by atoms with van der Waals surface area (Å²) in [5, 5.41) is 3.33. The number of carbonyl (C=O) groups is 3. The van der Waals surface area contributed by atoms with E-state index in [0.29, 0.717) is 41.2 Å². The highest BCUT2D eigenvalue weighted by atomic mass is 16.5. The summed E-state index contributed by atoms with van der Waals surface area (Å²) in [4.78, 5) is 40.3. The van der Waals surface area contributed by atoms with Crippen LogP contribution in [0.1, 0.15) is 77.2 Å². The van der Waals surface area contributed by atoms with Gasteiger partial charge in [0.2, 0.25) is 0 Å². The number of Topliss-reactive ketones (excluding diaryl/α,β-unsaturated/α-hetero) is 1. The molecule has 7 heteroatoms.